The fourth-order valence-electron chi connectivity index (χ4n) is 2.67. The average Bonchev–Trinajstić information content (AvgIpc) is 2.73. The van der Waals surface area contributed by atoms with Gasteiger partial charge in [0.15, 0.2) is 5.96 Å². The van der Waals surface area contributed by atoms with Crippen molar-refractivity contribution in [1.82, 2.24) is 16.0 Å². The molecule has 202 valence electrons. The molecule has 0 heterocycles. The molecule has 0 aliphatic carbocycles. The van der Waals surface area contributed by atoms with Crippen LogP contribution in [0.5, 0.6) is 0 Å². The fraction of sp³-hybridized carbons (Fsp3) is 0.556. The molecular formula is C18H31N9O9. The van der Waals surface area contributed by atoms with E-state index in [1.54, 1.807) is 0 Å². The van der Waals surface area contributed by atoms with E-state index in [9.17, 15) is 33.6 Å². The predicted molar refractivity (Wildman–Crippen MR) is 121 cm³/mol. The van der Waals surface area contributed by atoms with Gasteiger partial charge in [-0.1, -0.05) is 0 Å². The van der Waals surface area contributed by atoms with E-state index in [0.29, 0.717) is 6.42 Å². The van der Waals surface area contributed by atoms with Crippen LogP contribution < -0.4 is 44.6 Å². The van der Waals surface area contributed by atoms with E-state index in [2.05, 4.69) is 15.6 Å². The fourth-order valence-corrected chi connectivity index (χ4v) is 2.67. The number of aliphatic imine (C=N–C) groups is 1. The van der Waals surface area contributed by atoms with Crippen LogP contribution >= 0.6 is 0 Å². The number of aliphatic carboxylic acids is 2. The molecule has 18 heteroatoms. The highest BCUT2D eigenvalue weighted by Crippen LogP contribution is 2.02. The third kappa shape index (κ3) is 13.3. The quantitative estimate of drug-likeness (QED) is 0.0489. The second-order valence-electron chi connectivity index (χ2n) is 7.52. The van der Waals surface area contributed by atoms with Gasteiger partial charge < -0.3 is 54.8 Å². The molecule has 0 saturated carbocycles. The molecule has 0 fully saturated rings. The van der Waals surface area contributed by atoms with Crippen molar-refractivity contribution in [2.75, 3.05) is 6.54 Å². The highest BCUT2D eigenvalue weighted by Gasteiger charge is 2.32. The maximum Gasteiger partial charge on any atom is 0.326 e. The minimum absolute atomic E-state index is 0.0976. The molecule has 0 aromatic rings. The lowest BCUT2D eigenvalue weighted by molar-refractivity contribution is -0.147. The third-order valence-corrected chi connectivity index (χ3v) is 4.37. The van der Waals surface area contributed by atoms with Crippen molar-refractivity contribution in [2.45, 2.75) is 56.3 Å². The van der Waals surface area contributed by atoms with Crippen LogP contribution in [-0.2, 0) is 33.6 Å². The summed E-state index contributed by atoms with van der Waals surface area (Å²) in [5, 5.41) is 24.0. The third-order valence-electron chi connectivity index (χ3n) is 4.37. The minimum Gasteiger partial charge on any atom is -0.481 e. The number of carbonyl (C=O) groups excluding carboxylic acids is 5. The highest BCUT2D eigenvalue weighted by atomic mass is 16.4. The van der Waals surface area contributed by atoms with Crippen LogP contribution in [0.3, 0.4) is 0 Å². The zero-order valence-corrected chi connectivity index (χ0v) is 19.1. The Labute approximate surface area is 204 Å². The van der Waals surface area contributed by atoms with Gasteiger partial charge in [0, 0.05) is 6.54 Å². The summed E-state index contributed by atoms with van der Waals surface area (Å²) >= 11 is 0. The molecule has 0 rings (SSSR count). The molecule has 0 bridgehead atoms. The van der Waals surface area contributed by atoms with Gasteiger partial charge >= 0.3 is 11.9 Å². The molecule has 0 saturated heterocycles. The molecule has 0 aromatic carbocycles. The van der Waals surface area contributed by atoms with Gasteiger partial charge in [-0.2, -0.15) is 0 Å². The molecule has 36 heavy (non-hydrogen) atoms. The van der Waals surface area contributed by atoms with Gasteiger partial charge in [-0.05, 0) is 12.8 Å². The lowest BCUT2D eigenvalue weighted by atomic mass is 10.1. The number of carboxylic acid groups (broad SMARTS) is 2. The lowest BCUT2D eigenvalue weighted by Gasteiger charge is -2.24. The number of primary amides is 2. The summed E-state index contributed by atoms with van der Waals surface area (Å²) in [7, 11) is 0. The molecule has 4 atom stereocenters. The number of nitrogens with one attached hydrogen (secondary N) is 3. The number of carboxylic acids is 2. The maximum absolute atomic E-state index is 12.7. The Morgan fingerprint density at radius 3 is 1.53 bits per heavy atom. The van der Waals surface area contributed by atoms with E-state index in [1.165, 1.54) is 0 Å². The first-order valence-corrected chi connectivity index (χ1v) is 10.4. The Kier molecular flexibility index (Phi) is 13.5. The van der Waals surface area contributed by atoms with Gasteiger partial charge in [0.05, 0.1) is 25.3 Å². The molecule has 0 aromatic heterocycles. The number of rotatable bonds is 17. The highest BCUT2D eigenvalue weighted by molar-refractivity contribution is 5.97. The standard InChI is InChI=1S/C18H31N9O9/c19-7(2-1-3-24-18(22)23)14(32)25-8(4-11(20)28)15(33)26-9(5-12(21)29)16(34)27-10(17(35)36)6-13(30)31/h7-10H,1-6,19H2,(H2,20,28)(H2,21,29)(H,25,32)(H,26,33)(H,27,34)(H,30,31)(H,35,36)(H4,22,23,24). The zero-order valence-electron chi connectivity index (χ0n) is 19.1. The summed E-state index contributed by atoms with van der Waals surface area (Å²) in [6.45, 7) is 0.178. The van der Waals surface area contributed by atoms with Crippen LogP contribution in [0.25, 0.3) is 0 Å². The van der Waals surface area contributed by atoms with Crippen molar-refractivity contribution in [2.24, 2.45) is 33.7 Å². The molecule has 4 unspecified atom stereocenters. The van der Waals surface area contributed by atoms with E-state index < -0.39 is 84.9 Å². The molecule has 0 aliphatic rings. The average molecular weight is 518 g/mol. The maximum atomic E-state index is 12.7. The molecule has 0 spiro atoms. The number of nitrogens with two attached hydrogens (primary N) is 5. The lowest BCUT2D eigenvalue weighted by Crippen LogP contribution is -2.58. The summed E-state index contributed by atoms with van der Waals surface area (Å²) in [5.41, 5.74) is 26.3. The van der Waals surface area contributed by atoms with Crippen molar-refractivity contribution >= 4 is 47.4 Å². The van der Waals surface area contributed by atoms with Crippen molar-refractivity contribution in [3.63, 3.8) is 0 Å². The van der Waals surface area contributed by atoms with Crippen molar-refractivity contribution in [3.8, 4) is 0 Å². The van der Waals surface area contributed by atoms with Crippen molar-refractivity contribution in [1.29, 1.82) is 0 Å². The topological polar surface area (TPSA) is 338 Å². The van der Waals surface area contributed by atoms with E-state index >= 15 is 0 Å². The van der Waals surface area contributed by atoms with E-state index in [0.717, 1.165) is 0 Å². The van der Waals surface area contributed by atoms with Gasteiger partial charge in [0.2, 0.25) is 29.5 Å². The first-order valence-electron chi connectivity index (χ1n) is 10.4. The van der Waals surface area contributed by atoms with Gasteiger partial charge in [-0.25, -0.2) is 4.79 Å². The normalized spacial score (nSPS) is 13.7. The molecule has 18 nitrogen and oxygen atoms in total. The predicted octanol–water partition coefficient (Wildman–Crippen LogP) is -5.87. The SMILES string of the molecule is NC(=O)CC(NC(=O)C(N)CCCN=C(N)N)C(=O)NC(CC(N)=O)C(=O)NC(CC(=O)O)C(=O)O. The Hall–Kier alpha value is -4.48. The van der Waals surface area contributed by atoms with Gasteiger partial charge in [0.25, 0.3) is 0 Å². The van der Waals surface area contributed by atoms with Crippen LogP contribution in [-0.4, -0.2) is 88.4 Å². The van der Waals surface area contributed by atoms with Crippen molar-refractivity contribution in [3.05, 3.63) is 0 Å². The van der Waals surface area contributed by atoms with Gasteiger partial charge in [-0.3, -0.25) is 33.8 Å². The van der Waals surface area contributed by atoms with Gasteiger partial charge in [-0.15, -0.1) is 0 Å². The van der Waals surface area contributed by atoms with E-state index in [-0.39, 0.29) is 18.9 Å². The number of guanidine groups is 1. The minimum atomic E-state index is -1.89. The first-order chi connectivity index (χ1) is 16.6. The van der Waals surface area contributed by atoms with Gasteiger partial charge in [0.1, 0.15) is 18.1 Å². The zero-order chi connectivity index (χ0) is 28.0. The second kappa shape index (κ2) is 15.4. The molecule has 5 amide bonds. The molecule has 0 radical (unpaired) electrons. The van der Waals surface area contributed by atoms with Crippen LogP contribution in [0.2, 0.25) is 0 Å². The number of hydrogen-bond donors (Lipinski definition) is 10. The summed E-state index contributed by atoms with van der Waals surface area (Å²) in [5.74, 6) is -8.75. The number of hydrogen-bond acceptors (Lipinski definition) is 9. The molecule has 15 N–H and O–H groups in total. The summed E-state index contributed by atoms with van der Waals surface area (Å²) < 4.78 is 0. The van der Waals surface area contributed by atoms with Crippen LogP contribution in [0.1, 0.15) is 32.1 Å². The number of carbonyl (C=O) groups is 7. The Balaban J connectivity index is 5.46. The van der Waals surface area contributed by atoms with Crippen molar-refractivity contribution < 1.29 is 43.8 Å². The Bertz CT molecular complexity index is 889. The van der Waals surface area contributed by atoms with E-state index in [1.807, 2.05) is 5.32 Å². The number of nitrogens with zero attached hydrogens (tertiary/aromatic N) is 1. The Morgan fingerprint density at radius 2 is 1.14 bits per heavy atom. The smallest absolute Gasteiger partial charge is 0.326 e. The van der Waals surface area contributed by atoms with Crippen LogP contribution in [0.15, 0.2) is 4.99 Å². The van der Waals surface area contributed by atoms with E-state index in [4.69, 9.17) is 38.9 Å². The largest absolute Gasteiger partial charge is 0.481 e. The van der Waals surface area contributed by atoms with Crippen LogP contribution in [0, 0.1) is 0 Å². The second-order valence-corrected chi connectivity index (χ2v) is 7.52. The first kappa shape index (κ1) is 31.5. The van der Waals surface area contributed by atoms with Crippen LogP contribution in [0.4, 0.5) is 0 Å². The molecule has 0 aliphatic heterocycles. The molecular weight excluding hydrogens is 486 g/mol. The Morgan fingerprint density at radius 1 is 0.694 bits per heavy atom. The monoisotopic (exact) mass is 517 g/mol. The summed E-state index contributed by atoms with van der Waals surface area (Å²) in [6.07, 6.45) is -2.14. The summed E-state index contributed by atoms with van der Waals surface area (Å²) in [6, 6.07) is -6.43. The number of amides is 5. The summed E-state index contributed by atoms with van der Waals surface area (Å²) in [4.78, 5) is 86.0.